The molecule has 2 atom stereocenters. The predicted molar refractivity (Wildman–Crippen MR) is 77.0 cm³/mol. The number of nitrogens with one attached hydrogen (secondary N) is 1. The zero-order chi connectivity index (χ0) is 14.2. The Bertz CT molecular complexity index is 263. The lowest BCUT2D eigenvalue weighted by molar-refractivity contribution is 0.0422. The first kappa shape index (κ1) is 17.3. The lowest BCUT2D eigenvalue weighted by Gasteiger charge is -2.26. The highest BCUT2D eigenvalue weighted by atomic mass is 32.2. The summed E-state index contributed by atoms with van der Waals surface area (Å²) in [6.45, 7) is 9.02. The van der Waals surface area contributed by atoms with Gasteiger partial charge in [-0.2, -0.15) is 11.8 Å². The Morgan fingerprint density at radius 1 is 1.56 bits per heavy atom. The number of aliphatic hydroxyl groups excluding tert-OH is 1. The van der Waals surface area contributed by atoms with Crippen molar-refractivity contribution in [3.05, 3.63) is 12.7 Å². The van der Waals surface area contributed by atoms with E-state index in [1.54, 1.807) is 17.8 Å². The molecule has 0 radical (unpaired) electrons. The fraction of sp³-hybridized carbons (Fsp3) is 0.769. The number of ether oxygens (including phenoxy) is 1. The van der Waals surface area contributed by atoms with Gasteiger partial charge < -0.3 is 15.2 Å². The van der Waals surface area contributed by atoms with Crippen molar-refractivity contribution in [2.75, 3.05) is 12.0 Å². The molecule has 0 aliphatic heterocycles. The largest absolute Gasteiger partial charge is 0.444 e. The monoisotopic (exact) mass is 275 g/mol. The van der Waals surface area contributed by atoms with Crippen LogP contribution in [0.1, 0.15) is 33.6 Å². The predicted octanol–water partition coefficient (Wildman–Crippen LogP) is 2.57. The highest BCUT2D eigenvalue weighted by Gasteiger charge is 2.23. The second-order valence-electron chi connectivity index (χ2n) is 5.13. The molecule has 0 aromatic rings. The van der Waals surface area contributed by atoms with Gasteiger partial charge in [-0.05, 0) is 45.6 Å². The topological polar surface area (TPSA) is 58.6 Å². The average Bonchev–Trinajstić information content (AvgIpc) is 2.21. The van der Waals surface area contributed by atoms with Crippen LogP contribution in [0.3, 0.4) is 0 Å². The molecule has 0 spiro atoms. The Labute approximate surface area is 114 Å². The minimum atomic E-state index is -0.623. The minimum Gasteiger partial charge on any atom is -0.444 e. The van der Waals surface area contributed by atoms with E-state index in [1.165, 1.54) is 0 Å². The molecule has 0 bridgehead atoms. The Balaban J connectivity index is 4.38. The third-order valence-electron chi connectivity index (χ3n) is 2.21. The third kappa shape index (κ3) is 8.42. The van der Waals surface area contributed by atoms with Gasteiger partial charge in [0.25, 0.3) is 0 Å². The molecule has 0 aromatic heterocycles. The van der Waals surface area contributed by atoms with Crippen LogP contribution in [0.5, 0.6) is 0 Å². The highest BCUT2D eigenvalue weighted by molar-refractivity contribution is 7.98. The van der Waals surface area contributed by atoms with E-state index >= 15 is 0 Å². The Kier molecular flexibility index (Phi) is 8.11. The van der Waals surface area contributed by atoms with Gasteiger partial charge in [0.15, 0.2) is 0 Å². The van der Waals surface area contributed by atoms with E-state index < -0.39 is 17.8 Å². The summed E-state index contributed by atoms with van der Waals surface area (Å²) in [5, 5.41) is 12.7. The summed E-state index contributed by atoms with van der Waals surface area (Å²) < 4.78 is 5.18. The number of carbonyl (C=O) groups excluding carboxylic acids is 1. The van der Waals surface area contributed by atoms with Crippen LogP contribution < -0.4 is 5.32 Å². The molecule has 0 heterocycles. The summed E-state index contributed by atoms with van der Waals surface area (Å²) in [6, 6.07) is -0.301. The molecule has 1 amide bonds. The molecule has 0 aliphatic carbocycles. The molecule has 1 unspecified atom stereocenters. The van der Waals surface area contributed by atoms with Crippen molar-refractivity contribution in [1.82, 2.24) is 5.32 Å². The van der Waals surface area contributed by atoms with E-state index in [1.807, 2.05) is 27.0 Å². The lowest BCUT2D eigenvalue weighted by Crippen LogP contribution is -2.45. The van der Waals surface area contributed by atoms with Crippen LogP contribution in [0.2, 0.25) is 0 Å². The van der Waals surface area contributed by atoms with Gasteiger partial charge in [-0.25, -0.2) is 4.79 Å². The molecule has 0 aromatic carbocycles. The van der Waals surface area contributed by atoms with Crippen molar-refractivity contribution in [3.63, 3.8) is 0 Å². The highest BCUT2D eigenvalue weighted by Crippen LogP contribution is 2.11. The average molecular weight is 275 g/mol. The fourth-order valence-corrected chi connectivity index (χ4v) is 1.89. The minimum absolute atomic E-state index is 0.301. The Morgan fingerprint density at radius 2 is 2.17 bits per heavy atom. The SMILES string of the molecule is C=CCC(O)[C@H](CCSC)NC(=O)OC(C)(C)C. The van der Waals surface area contributed by atoms with Crippen LogP contribution in [-0.2, 0) is 4.74 Å². The van der Waals surface area contributed by atoms with Crippen molar-refractivity contribution < 1.29 is 14.6 Å². The summed E-state index contributed by atoms with van der Waals surface area (Å²) in [5.41, 5.74) is -0.530. The van der Waals surface area contributed by atoms with Crippen molar-refractivity contribution in [1.29, 1.82) is 0 Å². The number of thioether (sulfide) groups is 1. The maximum atomic E-state index is 11.7. The Morgan fingerprint density at radius 3 is 2.61 bits per heavy atom. The first-order valence-corrected chi connectivity index (χ1v) is 7.47. The van der Waals surface area contributed by atoms with Gasteiger partial charge >= 0.3 is 6.09 Å². The normalized spacial score (nSPS) is 14.7. The van der Waals surface area contributed by atoms with Crippen LogP contribution in [-0.4, -0.2) is 41.0 Å². The number of hydrogen-bond donors (Lipinski definition) is 2. The summed E-state index contributed by atoms with van der Waals surface area (Å²) in [6.07, 6.45) is 3.68. The standard InChI is InChI=1S/C13H25NO3S/c1-6-7-11(15)10(8-9-18-5)14-12(16)17-13(2,3)4/h6,10-11,15H,1,7-9H2,2-5H3,(H,14,16)/t10-,11?/m0/s1. The number of rotatable bonds is 7. The molecule has 106 valence electrons. The van der Waals surface area contributed by atoms with Crippen molar-refractivity contribution in [3.8, 4) is 0 Å². The van der Waals surface area contributed by atoms with Crippen LogP contribution in [0, 0.1) is 0 Å². The number of amides is 1. The van der Waals surface area contributed by atoms with Crippen LogP contribution in [0.15, 0.2) is 12.7 Å². The third-order valence-corrected chi connectivity index (χ3v) is 2.85. The van der Waals surface area contributed by atoms with Crippen LogP contribution in [0.25, 0.3) is 0 Å². The molecule has 18 heavy (non-hydrogen) atoms. The number of alkyl carbamates (subject to hydrolysis) is 1. The van der Waals surface area contributed by atoms with Gasteiger partial charge in [0, 0.05) is 0 Å². The first-order valence-electron chi connectivity index (χ1n) is 6.07. The van der Waals surface area contributed by atoms with Crippen LogP contribution >= 0.6 is 11.8 Å². The molecule has 0 aliphatic rings. The summed E-state index contributed by atoms with van der Waals surface area (Å²) >= 11 is 1.68. The molecule has 4 nitrogen and oxygen atoms in total. The molecular weight excluding hydrogens is 250 g/mol. The number of hydrogen-bond acceptors (Lipinski definition) is 4. The zero-order valence-corrected chi connectivity index (χ0v) is 12.5. The Hall–Kier alpha value is -0.680. The van der Waals surface area contributed by atoms with E-state index in [0.29, 0.717) is 12.8 Å². The van der Waals surface area contributed by atoms with Crippen molar-refractivity contribution >= 4 is 17.9 Å². The summed E-state index contributed by atoms with van der Waals surface area (Å²) in [5.74, 6) is 0.870. The van der Waals surface area contributed by atoms with Crippen LogP contribution in [0.4, 0.5) is 4.79 Å². The summed E-state index contributed by atoms with van der Waals surface area (Å²) in [4.78, 5) is 11.7. The first-order chi connectivity index (χ1) is 8.30. The molecule has 0 fully saturated rings. The van der Waals surface area contributed by atoms with Gasteiger partial charge in [-0.1, -0.05) is 6.08 Å². The van der Waals surface area contributed by atoms with Crippen molar-refractivity contribution in [2.24, 2.45) is 0 Å². The van der Waals surface area contributed by atoms with E-state index in [4.69, 9.17) is 4.74 Å². The number of carbonyl (C=O) groups is 1. The van der Waals surface area contributed by atoms with Gasteiger partial charge in [0.1, 0.15) is 5.60 Å². The van der Waals surface area contributed by atoms with Gasteiger partial charge in [-0.3, -0.25) is 0 Å². The molecule has 0 saturated carbocycles. The van der Waals surface area contributed by atoms with Crippen molar-refractivity contribution in [2.45, 2.75) is 51.4 Å². The van der Waals surface area contributed by atoms with E-state index in [9.17, 15) is 9.90 Å². The maximum absolute atomic E-state index is 11.7. The van der Waals surface area contributed by atoms with E-state index in [-0.39, 0.29) is 6.04 Å². The smallest absolute Gasteiger partial charge is 0.407 e. The molecule has 0 rings (SSSR count). The van der Waals surface area contributed by atoms with E-state index in [2.05, 4.69) is 11.9 Å². The molecule has 5 heteroatoms. The van der Waals surface area contributed by atoms with Gasteiger partial charge in [0.2, 0.25) is 0 Å². The second kappa shape index (κ2) is 8.43. The quantitative estimate of drug-likeness (QED) is 0.701. The molecule has 2 N–H and O–H groups in total. The van der Waals surface area contributed by atoms with Gasteiger partial charge in [0.05, 0.1) is 12.1 Å². The fourth-order valence-electron chi connectivity index (χ4n) is 1.40. The molecule has 0 saturated heterocycles. The lowest BCUT2D eigenvalue weighted by atomic mass is 10.1. The van der Waals surface area contributed by atoms with Gasteiger partial charge in [-0.15, -0.1) is 6.58 Å². The van der Waals surface area contributed by atoms with E-state index in [0.717, 1.165) is 5.75 Å². The zero-order valence-electron chi connectivity index (χ0n) is 11.7. The second-order valence-corrected chi connectivity index (χ2v) is 6.11. The number of aliphatic hydroxyl groups is 1. The summed E-state index contributed by atoms with van der Waals surface area (Å²) in [7, 11) is 0. The molecular formula is C13H25NO3S. The maximum Gasteiger partial charge on any atom is 0.407 e.